The second kappa shape index (κ2) is 9.66. The highest BCUT2D eigenvalue weighted by Gasteiger charge is 2.25. The van der Waals surface area contributed by atoms with Gasteiger partial charge in [0.2, 0.25) is 0 Å². The summed E-state index contributed by atoms with van der Waals surface area (Å²) in [5, 5.41) is 4.23. The summed E-state index contributed by atoms with van der Waals surface area (Å²) in [5.74, 6) is -2.25. The van der Waals surface area contributed by atoms with Crippen molar-refractivity contribution in [2.75, 3.05) is 19.0 Å². The molecule has 0 radical (unpaired) electrons. The minimum absolute atomic E-state index is 0.277. The number of anilines is 1. The molecule has 0 fully saturated rings. The minimum atomic E-state index is -0.642. The smallest absolute Gasteiger partial charge is 0.350 e. The summed E-state index contributed by atoms with van der Waals surface area (Å²) in [5.41, 5.74) is 1.87. The number of carbonyl (C=O) groups excluding carboxylic acids is 3. The van der Waals surface area contributed by atoms with Gasteiger partial charge in [-0.25, -0.2) is 4.79 Å². The Balaban J connectivity index is 1.68. The number of carbonyl (C=O) groups is 3. The first-order valence-electron chi connectivity index (χ1n) is 8.82. The maximum absolute atomic E-state index is 12.8. The van der Waals surface area contributed by atoms with Gasteiger partial charge in [-0.3, -0.25) is 9.59 Å². The van der Waals surface area contributed by atoms with E-state index in [1.54, 1.807) is 11.4 Å². The molecule has 1 N–H and O–H groups in total. The third-order valence-corrected chi connectivity index (χ3v) is 5.05. The Hall–Kier alpha value is -3.45. The van der Waals surface area contributed by atoms with Crippen LogP contribution in [0.4, 0.5) is 5.69 Å². The number of thiophene rings is 1. The number of rotatable bonds is 7. The average Bonchev–Trinajstić information content (AvgIpc) is 3.21. The quantitative estimate of drug-likeness (QED) is 0.600. The second-order valence-electron chi connectivity index (χ2n) is 6.07. The second-order valence-corrected chi connectivity index (χ2v) is 6.98. The summed E-state index contributed by atoms with van der Waals surface area (Å²) in [7, 11) is 1.27. The molecule has 1 aromatic heterocycles. The lowest BCUT2D eigenvalue weighted by Crippen LogP contribution is -2.25. The number of hydrogen-bond donors (Lipinski definition) is 1. The van der Waals surface area contributed by atoms with Crippen LogP contribution in [0.25, 0.3) is 0 Å². The van der Waals surface area contributed by atoms with Crippen LogP contribution in [-0.2, 0) is 19.1 Å². The molecule has 3 aromatic rings. The number of hydrogen-bond acceptors (Lipinski definition) is 6. The number of ether oxygens (including phenoxy) is 2. The van der Waals surface area contributed by atoms with Gasteiger partial charge in [0.1, 0.15) is 10.8 Å². The molecule has 148 valence electrons. The summed E-state index contributed by atoms with van der Waals surface area (Å²) in [6.07, 6.45) is 0. The maximum Gasteiger partial charge on any atom is 0.350 e. The highest BCUT2D eigenvalue weighted by atomic mass is 32.1. The van der Waals surface area contributed by atoms with Gasteiger partial charge in [-0.15, -0.1) is 11.3 Å². The minimum Gasteiger partial charge on any atom is -0.465 e. The van der Waals surface area contributed by atoms with Crippen molar-refractivity contribution in [1.29, 1.82) is 0 Å². The highest BCUT2D eigenvalue weighted by Crippen LogP contribution is 2.26. The van der Waals surface area contributed by atoms with Crippen molar-refractivity contribution in [3.63, 3.8) is 0 Å². The van der Waals surface area contributed by atoms with Crippen LogP contribution in [0.2, 0.25) is 0 Å². The monoisotopic (exact) mass is 409 g/mol. The molecule has 7 heteroatoms. The Bertz CT molecular complexity index is 945. The van der Waals surface area contributed by atoms with Crippen molar-refractivity contribution in [3.05, 3.63) is 88.1 Å². The Morgan fingerprint density at radius 3 is 2.07 bits per heavy atom. The van der Waals surface area contributed by atoms with Crippen LogP contribution in [0.15, 0.2) is 72.1 Å². The van der Waals surface area contributed by atoms with Crippen molar-refractivity contribution in [2.45, 2.75) is 5.92 Å². The lowest BCUT2D eigenvalue weighted by atomic mass is 9.91. The predicted octanol–water partition coefficient (Wildman–Crippen LogP) is 3.85. The SMILES string of the molecule is COC(=O)c1sccc1NC(=O)COC(=O)C(c1ccccc1)c1ccccc1. The molecular formula is C22H19NO5S. The Labute approximate surface area is 172 Å². The van der Waals surface area contributed by atoms with Crippen LogP contribution in [0, 0.1) is 0 Å². The van der Waals surface area contributed by atoms with Crippen molar-refractivity contribution in [2.24, 2.45) is 0 Å². The zero-order valence-corrected chi connectivity index (χ0v) is 16.5. The molecule has 6 nitrogen and oxygen atoms in total. The Morgan fingerprint density at radius 2 is 1.52 bits per heavy atom. The van der Waals surface area contributed by atoms with Gasteiger partial charge in [0.25, 0.3) is 5.91 Å². The molecule has 0 unspecified atom stereocenters. The summed E-state index contributed by atoms with van der Waals surface area (Å²) >= 11 is 1.15. The van der Waals surface area contributed by atoms with E-state index in [4.69, 9.17) is 4.74 Å². The van der Waals surface area contributed by atoms with Crippen molar-refractivity contribution >= 4 is 34.9 Å². The summed E-state index contributed by atoms with van der Waals surface area (Å²) in [4.78, 5) is 37.0. The van der Waals surface area contributed by atoms with Gasteiger partial charge in [0.15, 0.2) is 6.61 Å². The maximum atomic E-state index is 12.8. The normalized spacial score (nSPS) is 10.4. The first kappa shape index (κ1) is 20.3. The van der Waals surface area contributed by atoms with Gasteiger partial charge in [0, 0.05) is 0 Å². The van der Waals surface area contributed by atoms with Crippen LogP contribution in [0.1, 0.15) is 26.7 Å². The van der Waals surface area contributed by atoms with E-state index in [0.717, 1.165) is 22.5 Å². The van der Waals surface area contributed by atoms with Gasteiger partial charge >= 0.3 is 11.9 Å². The van der Waals surface area contributed by atoms with Crippen LogP contribution < -0.4 is 5.32 Å². The van der Waals surface area contributed by atoms with Crippen molar-refractivity contribution in [1.82, 2.24) is 0 Å². The number of benzene rings is 2. The predicted molar refractivity (Wildman–Crippen MR) is 110 cm³/mol. The zero-order valence-electron chi connectivity index (χ0n) is 15.7. The molecule has 0 atom stereocenters. The molecule has 1 amide bonds. The van der Waals surface area contributed by atoms with E-state index in [1.165, 1.54) is 7.11 Å². The molecule has 1 heterocycles. The highest BCUT2D eigenvalue weighted by molar-refractivity contribution is 7.12. The third-order valence-electron chi connectivity index (χ3n) is 4.16. The molecule has 0 aliphatic rings. The van der Waals surface area contributed by atoms with Crippen molar-refractivity contribution < 1.29 is 23.9 Å². The Morgan fingerprint density at radius 1 is 0.931 bits per heavy atom. The van der Waals surface area contributed by atoms with Crippen LogP contribution in [0.5, 0.6) is 0 Å². The third kappa shape index (κ3) is 5.08. The van der Waals surface area contributed by atoms with Crippen LogP contribution in [-0.4, -0.2) is 31.6 Å². The molecule has 0 saturated heterocycles. The largest absolute Gasteiger partial charge is 0.465 e. The Kier molecular flexibility index (Phi) is 6.76. The molecule has 0 aliphatic carbocycles. The standard InChI is InChI=1S/C22H19NO5S/c1-27-22(26)20-17(12-13-29-20)23-18(24)14-28-21(25)19(15-8-4-2-5-9-15)16-10-6-3-7-11-16/h2-13,19H,14H2,1H3,(H,23,24). The lowest BCUT2D eigenvalue weighted by molar-refractivity contribution is -0.147. The molecule has 29 heavy (non-hydrogen) atoms. The fourth-order valence-electron chi connectivity index (χ4n) is 2.82. The molecule has 0 bridgehead atoms. The van der Waals surface area contributed by atoms with Gasteiger partial charge in [-0.05, 0) is 22.6 Å². The van der Waals surface area contributed by atoms with E-state index in [9.17, 15) is 14.4 Å². The van der Waals surface area contributed by atoms with Gasteiger partial charge in [-0.1, -0.05) is 60.7 Å². The topological polar surface area (TPSA) is 81.7 Å². The fourth-order valence-corrected chi connectivity index (χ4v) is 3.59. The van der Waals surface area contributed by atoms with Crippen LogP contribution in [0.3, 0.4) is 0 Å². The fraction of sp³-hybridized carbons (Fsp3) is 0.136. The van der Waals surface area contributed by atoms with E-state index in [-0.39, 0.29) is 4.88 Å². The van der Waals surface area contributed by atoms with E-state index >= 15 is 0 Å². The first-order chi connectivity index (χ1) is 14.1. The molecule has 0 saturated carbocycles. The van der Waals surface area contributed by atoms with E-state index in [2.05, 4.69) is 10.1 Å². The molecule has 2 aromatic carbocycles. The van der Waals surface area contributed by atoms with E-state index < -0.39 is 30.4 Å². The molecule has 0 spiro atoms. The van der Waals surface area contributed by atoms with Gasteiger partial charge in [0.05, 0.1) is 12.8 Å². The first-order valence-corrected chi connectivity index (χ1v) is 9.70. The summed E-state index contributed by atoms with van der Waals surface area (Å²) in [6, 6.07) is 20.1. The van der Waals surface area contributed by atoms with Gasteiger partial charge < -0.3 is 14.8 Å². The van der Waals surface area contributed by atoms with Crippen LogP contribution >= 0.6 is 11.3 Å². The average molecular weight is 409 g/mol. The summed E-state index contributed by atoms with van der Waals surface area (Å²) < 4.78 is 9.97. The lowest BCUT2D eigenvalue weighted by Gasteiger charge is -2.17. The number of esters is 2. The number of methoxy groups -OCH3 is 1. The molecular weight excluding hydrogens is 390 g/mol. The van der Waals surface area contributed by atoms with Crippen molar-refractivity contribution in [3.8, 4) is 0 Å². The number of nitrogens with one attached hydrogen (secondary N) is 1. The van der Waals surface area contributed by atoms with Gasteiger partial charge in [-0.2, -0.15) is 0 Å². The molecule has 3 rings (SSSR count). The number of amides is 1. The summed E-state index contributed by atoms with van der Waals surface area (Å²) in [6.45, 7) is -0.467. The van der Waals surface area contributed by atoms with E-state index in [1.807, 2.05) is 60.7 Å². The zero-order chi connectivity index (χ0) is 20.6. The van der Waals surface area contributed by atoms with E-state index in [0.29, 0.717) is 5.69 Å². The molecule has 0 aliphatic heterocycles.